The molecule has 1 atom stereocenters. The van der Waals surface area contributed by atoms with E-state index in [1.807, 2.05) is 6.08 Å². The van der Waals surface area contributed by atoms with E-state index in [4.69, 9.17) is 5.11 Å². The Labute approximate surface area is 93.4 Å². The molecule has 0 aliphatic heterocycles. The number of hydrogen-bond acceptors (Lipinski definition) is 1. The Morgan fingerprint density at radius 2 is 1.93 bits per heavy atom. The molecule has 0 fully saturated rings. The molecule has 1 unspecified atom stereocenters. The fourth-order valence-corrected chi connectivity index (χ4v) is 1.62. The molecule has 0 spiro atoms. The molecule has 15 heavy (non-hydrogen) atoms. The minimum atomic E-state index is -0.794. The Balaban J connectivity index is 4.03. The topological polar surface area (TPSA) is 37.3 Å². The lowest BCUT2D eigenvalue weighted by Crippen LogP contribution is -2.02. The summed E-state index contributed by atoms with van der Waals surface area (Å²) in [5, 5.41) is 8.77. The van der Waals surface area contributed by atoms with E-state index < -0.39 is 5.97 Å². The van der Waals surface area contributed by atoms with Crippen LogP contribution in [0.3, 0.4) is 0 Å². The van der Waals surface area contributed by atoms with E-state index in [0.29, 0.717) is 11.5 Å². The summed E-state index contributed by atoms with van der Waals surface area (Å²) in [7, 11) is 0. The third-order valence-electron chi connectivity index (χ3n) is 2.70. The zero-order valence-electron chi connectivity index (χ0n) is 10.4. The number of allylic oxidation sites excluding steroid dienone is 1. The predicted octanol–water partition coefficient (Wildman–Crippen LogP) is 3.87. The molecule has 0 radical (unpaired) electrons. The zero-order chi connectivity index (χ0) is 11.8. The summed E-state index contributed by atoms with van der Waals surface area (Å²) in [4.78, 5) is 10.7. The van der Waals surface area contributed by atoms with Gasteiger partial charge in [-0.25, -0.2) is 4.79 Å². The lowest BCUT2D eigenvalue weighted by Gasteiger charge is -2.11. The number of hydrogen-bond donors (Lipinski definition) is 1. The summed E-state index contributed by atoms with van der Waals surface area (Å²) in [6.07, 6.45) is 6.47. The Kier molecular flexibility index (Phi) is 7.10. The molecular weight excluding hydrogens is 188 g/mol. The van der Waals surface area contributed by atoms with Gasteiger partial charge >= 0.3 is 5.97 Å². The van der Waals surface area contributed by atoms with Crippen LogP contribution in [0.15, 0.2) is 11.6 Å². The molecule has 0 saturated heterocycles. The molecule has 0 aliphatic rings. The van der Waals surface area contributed by atoms with Gasteiger partial charge < -0.3 is 5.11 Å². The van der Waals surface area contributed by atoms with Crippen LogP contribution in [0.25, 0.3) is 0 Å². The quantitative estimate of drug-likeness (QED) is 0.650. The maximum Gasteiger partial charge on any atom is 0.330 e. The molecule has 0 bridgehead atoms. The average Bonchev–Trinajstić information content (AvgIpc) is 2.15. The van der Waals surface area contributed by atoms with Crippen LogP contribution in [-0.2, 0) is 4.79 Å². The maximum absolute atomic E-state index is 10.7. The largest absolute Gasteiger partial charge is 0.478 e. The summed E-state index contributed by atoms with van der Waals surface area (Å²) < 4.78 is 0. The van der Waals surface area contributed by atoms with Crippen LogP contribution < -0.4 is 0 Å². The molecule has 0 rings (SSSR count). The van der Waals surface area contributed by atoms with E-state index in [-0.39, 0.29) is 0 Å². The van der Waals surface area contributed by atoms with Crippen molar-refractivity contribution in [3.63, 3.8) is 0 Å². The first-order valence-corrected chi connectivity index (χ1v) is 5.89. The second-order valence-electron chi connectivity index (χ2n) is 4.65. The van der Waals surface area contributed by atoms with Crippen molar-refractivity contribution >= 4 is 5.97 Å². The monoisotopic (exact) mass is 212 g/mol. The van der Waals surface area contributed by atoms with Gasteiger partial charge in [0.15, 0.2) is 0 Å². The van der Waals surface area contributed by atoms with Crippen molar-refractivity contribution in [1.29, 1.82) is 0 Å². The minimum absolute atomic E-state index is 0.430. The third-order valence-corrected chi connectivity index (χ3v) is 2.70. The first-order chi connectivity index (χ1) is 6.97. The Hall–Kier alpha value is -0.790. The van der Waals surface area contributed by atoms with Crippen molar-refractivity contribution in [2.24, 2.45) is 11.8 Å². The van der Waals surface area contributed by atoms with Gasteiger partial charge in [-0.3, -0.25) is 0 Å². The van der Waals surface area contributed by atoms with Crippen LogP contribution in [0.1, 0.15) is 53.4 Å². The predicted molar refractivity (Wildman–Crippen MR) is 63.9 cm³/mol. The van der Waals surface area contributed by atoms with Crippen molar-refractivity contribution < 1.29 is 9.90 Å². The van der Waals surface area contributed by atoms with E-state index in [9.17, 15) is 4.79 Å². The van der Waals surface area contributed by atoms with E-state index >= 15 is 0 Å². The first kappa shape index (κ1) is 14.2. The zero-order valence-corrected chi connectivity index (χ0v) is 10.4. The summed E-state index contributed by atoms with van der Waals surface area (Å²) in [5.74, 6) is 0.379. The van der Waals surface area contributed by atoms with Crippen LogP contribution in [0.2, 0.25) is 0 Å². The summed E-state index contributed by atoms with van der Waals surface area (Å²) in [6, 6.07) is 0. The van der Waals surface area contributed by atoms with Gasteiger partial charge in [0.1, 0.15) is 0 Å². The van der Waals surface area contributed by atoms with E-state index in [1.54, 1.807) is 6.92 Å². The van der Waals surface area contributed by atoms with Crippen LogP contribution in [-0.4, -0.2) is 11.1 Å². The van der Waals surface area contributed by atoms with Gasteiger partial charge in [0.25, 0.3) is 0 Å². The SMILES string of the molecule is CCC(C=C(C)C(=O)O)CCCC(C)C. The van der Waals surface area contributed by atoms with Crippen molar-refractivity contribution in [2.45, 2.75) is 53.4 Å². The standard InChI is InChI=1S/C13H24O2/c1-5-12(8-6-7-10(2)3)9-11(4)13(14)15/h9-10,12H,5-8H2,1-4H3,(H,14,15). The summed E-state index contributed by atoms with van der Waals surface area (Å²) >= 11 is 0. The Bertz CT molecular complexity index is 217. The van der Waals surface area contributed by atoms with Crippen LogP contribution in [0.4, 0.5) is 0 Å². The molecule has 0 aromatic rings. The number of aliphatic carboxylic acids is 1. The van der Waals surface area contributed by atoms with Gasteiger partial charge in [0.05, 0.1) is 0 Å². The van der Waals surface area contributed by atoms with Crippen LogP contribution in [0, 0.1) is 11.8 Å². The number of carbonyl (C=O) groups is 1. The van der Waals surface area contributed by atoms with Gasteiger partial charge in [0, 0.05) is 5.57 Å². The summed E-state index contributed by atoms with van der Waals surface area (Å²) in [5.41, 5.74) is 0.478. The van der Waals surface area contributed by atoms with Crippen molar-refractivity contribution in [3.05, 3.63) is 11.6 Å². The molecule has 0 amide bonds. The average molecular weight is 212 g/mol. The Morgan fingerprint density at radius 3 is 2.33 bits per heavy atom. The molecular formula is C13H24O2. The van der Waals surface area contributed by atoms with Gasteiger partial charge in [-0.1, -0.05) is 39.7 Å². The lowest BCUT2D eigenvalue weighted by atomic mass is 9.94. The molecule has 0 heterocycles. The molecule has 1 N–H and O–H groups in total. The molecule has 2 nitrogen and oxygen atoms in total. The van der Waals surface area contributed by atoms with Crippen LogP contribution in [0.5, 0.6) is 0 Å². The highest BCUT2D eigenvalue weighted by atomic mass is 16.4. The molecule has 0 aromatic carbocycles. The van der Waals surface area contributed by atoms with E-state index in [2.05, 4.69) is 20.8 Å². The van der Waals surface area contributed by atoms with Gasteiger partial charge in [0.2, 0.25) is 0 Å². The molecule has 2 heteroatoms. The smallest absolute Gasteiger partial charge is 0.330 e. The lowest BCUT2D eigenvalue weighted by molar-refractivity contribution is -0.132. The molecule has 0 aromatic heterocycles. The minimum Gasteiger partial charge on any atom is -0.478 e. The number of rotatable bonds is 7. The molecule has 0 saturated carbocycles. The second-order valence-corrected chi connectivity index (χ2v) is 4.65. The maximum atomic E-state index is 10.7. The highest BCUT2D eigenvalue weighted by molar-refractivity contribution is 5.85. The van der Waals surface area contributed by atoms with E-state index in [1.165, 1.54) is 12.8 Å². The molecule has 88 valence electrons. The van der Waals surface area contributed by atoms with Gasteiger partial charge in [-0.2, -0.15) is 0 Å². The van der Waals surface area contributed by atoms with Crippen molar-refractivity contribution in [2.75, 3.05) is 0 Å². The van der Waals surface area contributed by atoms with Crippen molar-refractivity contribution in [3.8, 4) is 0 Å². The third kappa shape index (κ3) is 7.18. The normalized spacial score (nSPS) is 14.3. The molecule has 0 aliphatic carbocycles. The Morgan fingerprint density at radius 1 is 1.33 bits per heavy atom. The fourth-order valence-electron chi connectivity index (χ4n) is 1.62. The van der Waals surface area contributed by atoms with Gasteiger partial charge in [-0.15, -0.1) is 0 Å². The van der Waals surface area contributed by atoms with E-state index in [0.717, 1.165) is 18.8 Å². The fraction of sp³-hybridized carbons (Fsp3) is 0.769. The second kappa shape index (κ2) is 7.49. The number of carboxylic acid groups (broad SMARTS) is 1. The number of carboxylic acids is 1. The van der Waals surface area contributed by atoms with Crippen LogP contribution >= 0.6 is 0 Å². The van der Waals surface area contributed by atoms with Gasteiger partial charge in [-0.05, 0) is 31.6 Å². The van der Waals surface area contributed by atoms with Crippen molar-refractivity contribution in [1.82, 2.24) is 0 Å². The summed E-state index contributed by atoms with van der Waals surface area (Å²) in [6.45, 7) is 8.23. The first-order valence-electron chi connectivity index (χ1n) is 5.89. The highest BCUT2D eigenvalue weighted by Gasteiger charge is 2.07. The highest BCUT2D eigenvalue weighted by Crippen LogP contribution is 2.18.